The molecule has 4 heteroatoms. The molecule has 0 aliphatic rings. The number of hydrogen-bond acceptors (Lipinski definition) is 4. The summed E-state index contributed by atoms with van der Waals surface area (Å²) in [6.07, 6.45) is 0.902. The van der Waals surface area contributed by atoms with Crippen LogP contribution in [0.1, 0.15) is 29.7 Å². The molecular weight excluding hydrogens is 182 g/mol. The zero-order valence-electron chi connectivity index (χ0n) is 8.29. The van der Waals surface area contributed by atoms with Crippen molar-refractivity contribution in [3.63, 3.8) is 0 Å². The van der Waals surface area contributed by atoms with Gasteiger partial charge in [-0.3, -0.25) is 4.79 Å². The molecule has 4 nitrogen and oxygen atoms in total. The predicted molar refractivity (Wildman–Crippen MR) is 52.0 cm³/mol. The van der Waals surface area contributed by atoms with Crippen molar-refractivity contribution in [3.05, 3.63) is 23.7 Å². The minimum Gasteiger partial charge on any atom is -0.457 e. The summed E-state index contributed by atoms with van der Waals surface area (Å²) >= 11 is 0. The van der Waals surface area contributed by atoms with Gasteiger partial charge in [0.25, 0.3) is 0 Å². The number of ketones is 1. The maximum atomic E-state index is 11.4. The van der Waals surface area contributed by atoms with Crippen molar-refractivity contribution in [2.75, 3.05) is 13.2 Å². The molecule has 1 aromatic rings. The lowest BCUT2D eigenvalue weighted by Gasteiger charge is -1.98. The van der Waals surface area contributed by atoms with Crippen molar-refractivity contribution >= 4 is 5.78 Å². The second kappa shape index (κ2) is 5.57. The van der Waals surface area contributed by atoms with E-state index < -0.39 is 0 Å². The van der Waals surface area contributed by atoms with Crippen molar-refractivity contribution < 1.29 is 13.9 Å². The van der Waals surface area contributed by atoms with Gasteiger partial charge in [-0.25, -0.2) is 0 Å². The highest BCUT2D eigenvalue weighted by atomic mass is 16.5. The summed E-state index contributed by atoms with van der Waals surface area (Å²) in [6, 6.07) is 3.33. The van der Waals surface area contributed by atoms with E-state index in [-0.39, 0.29) is 12.4 Å². The van der Waals surface area contributed by atoms with E-state index in [0.29, 0.717) is 24.7 Å². The van der Waals surface area contributed by atoms with Crippen LogP contribution in [-0.4, -0.2) is 19.0 Å². The number of hydrogen-bond donors (Lipinski definition) is 1. The molecular formula is C10H15NO3. The molecule has 0 saturated carbocycles. The number of ether oxygens (including phenoxy) is 1. The smallest absolute Gasteiger partial charge is 0.223 e. The van der Waals surface area contributed by atoms with Crippen molar-refractivity contribution in [1.82, 2.24) is 0 Å². The Balaban J connectivity index is 2.44. The molecule has 0 atom stereocenters. The van der Waals surface area contributed by atoms with E-state index in [1.54, 1.807) is 12.1 Å². The molecule has 0 aliphatic carbocycles. The number of carbonyl (C=O) groups excluding carboxylic acids is 1. The Morgan fingerprint density at radius 3 is 2.93 bits per heavy atom. The van der Waals surface area contributed by atoms with Crippen molar-refractivity contribution in [2.24, 2.45) is 5.73 Å². The topological polar surface area (TPSA) is 65.5 Å². The van der Waals surface area contributed by atoms with E-state index in [4.69, 9.17) is 14.9 Å². The number of carbonyl (C=O) groups is 1. The molecule has 0 unspecified atom stereocenters. The van der Waals surface area contributed by atoms with Gasteiger partial charge in [-0.05, 0) is 18.6 Å². The first-order chi connectivity index (χ1) is 6.77. The second-order valence-electron chi connectivity index (χ2n) is 2.95. The normalized spacial score (nSPS) is 10.4. The van der Waals surface area contributed by atoms with Gasteiger partial charge in [-0.1, -0.05) is 6.92 Å². The molecule has 0 saturated heterocycles. The number of nitrogens with two attached hydrogens (primary N) is 1. The van der Waals surface area contributed by atoms with Crippen LogP contribution in [0.15, 0.2) is 16.5 Å². The zero-order chi connectivity index (χ0) is 10.4. The third kappa shape index (κ3) is 2.97. The molecule has 0 aliphatic heterocycles. The van der Waals surface area contributed by atoms with Gasteiger partial charge in [0.1, 0.15) is 12.4 Å². The summed E-state index contributed by atoms with van der Waals surface area (Å²) in [7, 11) is 0. The Morgan fingerprint density at radius 1 is 1.57 bits per heavy atom. The first kappa shape index (κ1) is 10.9. The predicted octanol–water partition coefficient (Wildman–Crippen LogP) is 1.35. The Hall–Kier alpha value is -1.13. The fourth-order valence-corrected chi connectivity index (χ4v) is 1.02. The fourth-order valence-electron chi connectivity index (χ4n) is 1.02. The van der Waals surface area contributed by atoms with Gasteiger partial charge in [0.15, 0.2) is 5.76 Å². The van der Waals surface area contributed by atoms with Crippen LogP contribution >= 0.6 is 0 Å². The quantitative estimate of drug-likeness (QED) is 0.552. The first-order valence-corrected chi connectivity index (χ1v) is 4.67. The summed E-state index contributed by atoms with van der Waals surface area (Å²) in [5.74, 6) is 0.795. The molecule has 2 N–H and O–H groups in total. The van der Waals surface area contributed by atoms with E-state index >= 15 is 0 Å². The molecule has 78 valence electrons. The molecule has 0 aromatic carbocycles. The maximum absolute atomic E-state index is 11.4. The van der Waals surface area contributed by atoms with Gasteiger partial charge in [0, 0.05) is 6.61 Å². The molecule has 1 heterocycles. The largest absolute Gasteiger partial charge is 0.457 e. The molecule has 1 rings (SSSR count). The van der Waals surface area contributed by atoms with Gasteiger partial charge >= 0.3 is 0 Å². The maximum Gasteiger partial charge on any atom is 0.223 e. The van der Waals surface area contributed by atoms with Crippen LogP contribution in [-0.2, 0) is 11.3 Å². The highest BCUT2D eigenvalue weighted by Gasteiger charge is 2.10. The average molecular weight is 197 g/mol. The summed E-state index contributed by atoms with van der Waals surface area (Å²) in [5, 5.41) is 0. The Kier molecular flexibility index (Phi) is 4.35. The van der Waals surface area contributed by atoms with Crippen LogP contribution in [0.25, 0.3) is 0 Å². The van der Waals surface area contributed by atoms with Crippen molar-refractivity contribution in [3.8, 4) is 0 Å². The molecule has 0 amide bonds. The zero-order valence-corrected chi connectivity index (χ0v) is 8.29. The molecule has 0 radical (unpaired) electrons. The molecule has 0 spiro atoms. The first-order valence-electron chi connectivity index (χ1n) is 4.67. The van der Waals surface area contributed by atoms with Gasteiger partial charge < -0.3 is 14.9 Å². The third-order valence-corrected chi connectivity index (χ3v) is 1.72. The summed E-state index contributed by atoms with van der Waals surface area (Å²) in [6.45, 7) is 2.97. The lowest BCUT2D eigenvalue weighted by atomic mass is 10.3. The van der Waals surface area contributed by atoms with E-state index in [0.717, 1.165) is 6.42 Å². The van der Waals surface area contributed by atoms with Crippen LogP contribution in [0, 0.1) is 0 Å². The minimum atomic E-state index is -0.141. The highest BCUT2D eigenvalue weighted by Crippen LogP contribution is 2.07. The molecule has 0 bridgehead atoms. The fraction of sp³-hybridized carbons (Fsp3) is 0.500. The highest BCUT2D eigenvalue weighted by molar-refractivity contribution is 5.94. The van der Waals surface area contributed by atoms with E-state index in [2.05, 4.69) is 0 Å². The second-order valence-corrected chi connectivity index (χ2v) is 2.95. The van der Waals surface area contributed by atoms with E-state index in [1.807, 2.05) is 6.92 Å². The van der Waals surface area contributed by atoms with Crippen LogP contribution < -0.4 is 5.73 Å². The summed E-state index contributed by atoms with van der Waals surface area (Å²) in [4.78, 5) is 11.4. The summed E-state index contributed by atoms with van der Waals surface area (Å²) < 4.78 is 10.3. The van der Waals surface area contributed by atoms with E-state index in [9.17, 15) is 4.79 Å². The Bertz CT molecular complexity index is 293. The number of furan rings is 1. The third-order valence-electron chi connectivity index (χ3n) is 1.72. The summed E-state index contributed by atoms with van der Waals surface area (Å²) in [5.41, 5.74) is 5.35. The van der Waals surface area contributed by atoms with Crippen molar-refractivity contribution in [2.45, 2.75) is 19.9 Å². The van der Waals surface area contributed by atoms with Gasteiger partial charge in [-0.2, -0.15) is 0 Å². The lowest BCUT2D eigenvalue weighted by Crippen LogP contribution is -2.08. The van der Waals surface area contributed by atoms with Crippen LogP contribution in [0.4, 0.5) is 0 Å². The van der Waals surface area contributed by atoms with Gasteiger partial charge in [0.05, 0.1) is 6.54 Å². The standard InChI is InChI=1S/C10H15NO3/c1-2-5-13-7-9(12)10-4-3-8(6-11)14-10/h3-4H,2,5-7,11H2,1H3. The SMILES string of the molecule is CCCOCC(=O)c1ccc(CN)o1. The van der Waals surface area contributed by atoms with Gasteiger partial charge in [0.2, 0.25) is 5.78 Å². The minimum absolute atomic E-state index is 0.0748. The molecule has 1 aromatic heterocycles. The average Bonchev–Trinajstić information content (AvgIpc) is 2.66. The van der Waals surface area contributed by atoms with Crippen LogP contribution in [0.5, 0.6) is 0 Å². The van der Waals surface area contributed by atoms with Crippen molar-refractivity contribution in [1.29, 1.82) is 0 Å². The molecule has 14 heavy (non-hydrogen) atoms. The Labute approximate surface area is 83.0 Å². The monoisotopic (exact) mass is 197 g/mol. The van der Waals surface area contributed by atoms with Crippen LogP contribution in [0.2, 0.25) is 0 Å². The van der Waals surface area contributed by atoms with E-state index in [1.165, 1.54) is 0 Å². The Morgan fingerprint density at radius 2 is 2.36 bits per heavy atom. The van der Waals surface area contributed by atoms with Crippen LogP contribution in [0.3, 0.4) is 0 Å². The number of Topliss-reactive ketones (excluding diaryl/α,β-unsaturated/α-hetero) is 1. The number of rotatable bonds is 6. The molecule has 0 fully saturated rings. The lowest BCUT2D eigenvalue weighted by molar-refractivity contribution is 0.0733. The van der Waals surface area contributed by atoms with Gasteiger partial charge in [-0.15, -0.1) is 0 Å².